The summed E-state index contributed by atoms with van der Waals surface area (Å²) in [7, 11) is 0. The number of hydrogen-bond donors (Lipinski definition) is 1. The average Bonchev–Trinajstić information content (AvgIpc) is 2.54. The Labute approximate surface area is 137 Å². The maximum atomic E-state index is 11.5. The van der Waals surface area contributed by atoms with Gasteiger partial charge >= 0.3 is 5.97 Å². The van der Waals surface area contributed by atoms with Gasteiger partial charge in [-0.25, -0.2) is 4.79 Å². The molecule has 1 aliphatic heterocycles. The summed E-state index contributed by atoms with van der Waals surface area (Å²) >= 11 is 0. The van der Waals surface area contributed by atoms with Gasteiger partial charge in [0.25, 0.3) is 0 Å². The van der Waals surface area contributed by atoms with Crippen molar-refractivity contribution in [3.8, 4) is 0 Å². The second kappa shape index (κ2) is 6.71. The number of aromatic carboxylic acids is 1. The van der Waals surface area contributed by atoms with Gasteiger partial charge in [0.05, 0.1) is 5.56 Å². The lowest BCUT2D eigenvalue weighted by Crippen LogP contribution is -2.36. The minimum Gasteiger partial charge on any atom is -0.478 e. The highest BCUT2D eigenvalue weighted by molar-refractivity contribution is 6.04. The predicted octanol–water partition coefficient (Wildman–Crippen LogP) is 4.72. The quantitative estimate of drug-likeness (QED) is 0.888. The monoisotopic (exact) mass is 311 g/mol. The van der Waals surface area contributed by atoms with E-state index in [0.717, 1.165) is 30.3 Å². The number of hydrogen-bond acceptors (Lipinski definition) is 2. The van der Waals surface area contributed by atoms with Gasteiger partial charge in [-0.3, -0.25) is 4.90 Å². The Morgan fingerprint density at radius 3 is 2.61 bits per heavy atom. The Bertz CT molecular complexity index is 708. The van der Waals surface area contributed by atoms with Crippen molar-refractivity contribution in [2.45, 2.75) is 39.2 Å². The molecule has 0 aromatic heterocycles. The Kier molecular flexibility index (Phi) is 4.67. The molecule has 2 aromatic rings. The number of carboxylic acid groups (broad SMARTS) is 1. The van der Waals surface area contributed by atoms with Crippen molar-refractivity contribution in [1.29, 1.82) is 0 Å². The summed E-state index contributed by atoms with van der Waals surface area (Å²) in [6, 6.07) is 12.1. The second-order valence-corrected chi connectivity index (χ2v) is 6.95. The van der Waals surface area contributed by atoms with Crippen LogP contribution in [0.2, 0.25) is 0 Å². The number of fused-ring (bicyclic) bond motifs is 1. The molecular formula is C20H25NO2. The number of likely N-dealkylation sites (tertiary alicyclic amines) is 1. The van der Waals surface area contributed by atoms with Crippen LogP contribution in [0.25, 0.3) is 10.8 Å². The van der Waals surface area contributed by atoms with Crippen LogP contribution in [-0.4, -0.2) is 29.1 Å². The average molecular weight is 311 g/mol. The molecule has 0 saturated carbocycles. The normalized spacial score (nSPS) is 19.3. The number of benzene rings is 2. The van der Waals surface area contributed by atoms with E-state index in [1.807, 2.05) is 24.3 Å². The minimum absolute atomic E-state index is 0.399. The van der Waals surface area contributed by atoms with Crippen molar-refractivity contribution in [1.82, 2.24) is 4.90 Å². The first-order valence-electron chi connectivity index (χ1n) is 8.57. The lowest BCUT2D eigenvalue weighted by Gasteiger charge is -2.37. The SMILES string of the molecule is CC(C)CN1CCCCC1c1ccc(C(=O)O)c2ccccc12. The lowest BCUT2D eigenvalue weighted by atomic mass is 9.89. The zero-order valence-electron chi connectivity index (χ0n) is 14.0. The highest BCUT2D eigenvalue weighted by Gasteiger charge is 2.26. The Morgan fingerprint density at radius 1 is 1.17 bits per heavy atom. The number of rotatable bonds is 4. The largest absolute Gasteiger partial charge is 0.478 e. The maximum absolute atomic E-state index is 11.5. The first-order chi connectivity index (χ1) is 11.1. The van der Waals surface area contributed by atoms with Crippen molar-refractivity contribution in [3.63, 3.8) is 0 Å². The molecule has 1 fully saturated rings. The molecule has 122 valence electrons. The fraction of sp³-hybridized carbons (Fsp3) is 0.450. The summed E-state index contributed by atoms with van der Waals surface area (Å²) in [4.78, 5) is 14.1. The van der Waals surface area contributed by atoms with Gasteiger partial charge in [0.2, 0.25) is 0 Å². The van der Waals surface area contributed by atoms with Crippen LogP contribution < -0.4 is 0 Å². The van der Waals surface area contributed by atoms with Crippen molar-refractivity contribution in [2.24, 2.45) is 5.92 Å². The van der Waals surface area contributed by atoms with Gasteiger partial charge < -0.3 is 5.11 Å². The van der Waals surface area contributed by atoms with E-state index in [9.17, 15) is 9.90 Å². The summed E-state index contributed by atoms with van der Waals surface area (Å²) in [5.74, 6) is -0.212. The molecule has 1 N–H and O–H groups in total. The summed E-state index contributed by atoms with van der Waals surface area (Å²) in [6.45, 7) is 6.76. The molecule has 1 saturated heterocycles. The van der Waals surface area contributed by atoms with Crippen LogP contribution in [-0.2, 0) is 0 Å². The molecule has 3 rings (SSSR count). The van der Waals surface area contributed by atoms with Gasteiger partial charge in [0.1, 0.15) is 0 Å². The molecule has 0 aliphatic carbocycles. The van der Waals surface area contributed by atoms with Crippen LogP contribution in [0, 0.1) is 5.92 Å². The van der Waals surface area contributed by atoms with E-state index in [2.05, 4.69) is 24.8 Å². The third-order valence-electron chi connectivity index (χ3n) is 4.76. The standard InChI is InChI=1S/C20H25NO2/c1-14(2)13-21-12-6-5-9-19(21)17-10-11-18(20(22)23)16-8-4-3-7-15(16)17/h3-4,7-8,10-11,14,19H,5-6,9,12-13H2,1-2H3,(H,22,23). The summed E-state index contributed by atoms with van der Waals surface area (Å²) in [5, 5.41) is 11.4. The molecule has 1 heterocycles. The maximum Gasteiger partial charge on any atom is 0.336 e. The Balaban J connectivity index is 2.08. The van der Waals surface area contributed by atoms with Crippen molar-refractivity contribution >= 4 is 16.7 Å². The van der Waals surface area contributed by atoms with Crippen LogP contribution in [0.5, 0.6) is 0 Å². The summed E-state index contributed by atoms with van der Waals surface area (Å²) < 4.78 is 0. The number of carboxylic acids is 1. The predicted molar refractivity (Wildman–Crippen MR) is 93.9 cm³/mol. The zero-order valence-corrected chi connectivity index (χ0v) is 14.0. The topological polar surface area (TPSA) is 40.5 Å². The van der Waals surface area contributed by atoms with E-state index in [1.54, 1.807) is 6.07 Å². The van der Waals surface area contributed by atoms with E-state index < -0.39 is 5.97 Å². The molecular weight excluding hydrogens is 286 g/mol. The smallest absolute Gasteiger partial charge is 0.336 e. The first kappa shape index (κ1) is 16.0. The highest BCUT2D eigenvalue weighted by Crippen LogP contribution is 2.36. The molecule has 3 nitrogen and oxygen atoms in total. The summed E-state index contributed by atoms with van der Waals surface area (Å²) in [5.41, 5.74) is 1.68. The minimum atomic E-state index is -0.851. The molecule has 0 bridgehead atoms. The lowest BCUT2D eigenvalue weighted by molar-refractivity contribution is 0.0699. The fourth-order valence-electron chi connectivity index (χ4n) is 3.83. The van der Waals surface area contributed by atoms with Crippen molar-refractivity contribution < 1.29 is 9.90 Å². The van der Waals surface area contributed by atoms with Gasteiger partial charge in [-0.1, -0.05) is 50.6 Å². The van der Waals surface area contributed by atoms with Gasteiger partial charge in [-0.05, 0) is 47.7 Å². The fourth-order valence-corrected chi connectivity index (χ4v) is 3.83. The Morgan fingerprint density at radius 2 is 1.91 bits per heavy atom. The highest BCUT2D eigenvalue weighted by atomic mass is 16.4. The molecule has 3 heteroatoms. The van der Waals surface area contributed by atoms with E-state index >= 15 is 0 Å². The second-order valence-electron chi connectivity index (χ2n) is 6.95. The van der Waals surface area contributed by atoms with Crippen LogP contribution in [0.15, 0.2) is 36.4 Å². The third-order valence-corrected chi connectivity index (χ3v) is 4.76. The summed E-state index contributed by atoms with van der Waals surface area (Å²) in [6.07, 6.45) is 3.66. The number of carbonyl (C=O) groups is 1. The van der Waals surface area contributed by atoms with Crippen LogP contribution in [0.3, 0.4) is 0 Å². The molecule has 23 heavy (non-hydrogen) atoms. The molecule has 1 aliphatic rings. The van der Waals surface area contributed by atoms with Gasteiger partial charge in [0, 0.05) is 12.6 Å². The van der Waals surface area contributed by atoms with E-state index in [0.29, 0.717) is 17.5 Å². The van der Waals surface area contributed by atoms with E-state index in [-0.39, 0.29) is 0 Å². The van der Waals surface area contributed by atoms with Crippen LogP contribution in [0.4, 0.5) is 0 Å². The van der Waals surface area contributed by atoms with Crippen LogP contribution >= 0.6 is 0 Å². The van der Waals surface area contributed by atoms with E-state index in [1.165, 1.54) is 18.4 Å². The first-order valence-corrected chi connectivity index (χ1v) is 8.57. The van der Waals surface area contributed by atoms with Crippen LogP contribution in [0.1, 0.15) is 55.1 Å². The van der Waals surface area contributed by atoms with Gasteiger partial charge in [-0.15, -0.1) is 0 Å². The number of piperidine rings is 1. The van der Waals surface area contributed by atoms with Gasteiger partial charge in [-0.2, -0.15) is 0 Å². The van der Waals surface area contributed by atoms with E-state index in [4.69, 9.17) is 0 Å². The molecule has 0 radical (unpaired) electrons. The molecule has 0 amide bonds. The zero-order chi connectivity index (χ0) is 16.4. The van der Waals surface area contributed by atoms with Gasteiger partial charge in [0.15, 0.2) is 0 Å². The van der Waals surface area contributed by atoms with Crippen molar-refractivity contribution in [2.75, 3.05) is 13.1 Å². The molecule has 2 aromatic carbocycles. The molecule has 1 unspecified atom stereocenters. The molecule has 1 atom stereocenters. The Hall–Kier alpha value is -1.87. The number of nitrogens with zero attached hydrogens (tertiary/aromatic N) is 1. The molecule has 0 spiro atoms. The van der Waals surface area contributed by atoms with Crippen molar-refractivity contribution in [3.05, 3.63) is 47.5 Å². The third kappa shape index (κ3) is 3.25.